The van der Waals surface area contributed by atoms with Crippen LogP contribution in [0.1, 0.15) is 6.92 Å². The highest BCUT2D eigenvalue weighted by molar-refractivity contribution is 5.74. The first-order valence-corrected chi connectivity index (χ1v) is 3.83. The zero-order valence-corrected chi connectivity index (χ0v) is 7.37. The van der Waals surface area contributed by atoms with Crippen molar-refractivity contribution in [3.05, 3.63) is 0 Å². The Balaban J connectivity index is 2.54. The van der Waals surface area contributed by atoms with Crippen LogP contribution in [0.15, 0.2) is 0 Å². The lowest BCUT2D eigenvalue weighted by molar-refractivity contribution is 0.0589. The van der Waals surface area contributed by atoms with Crippen LogP contribution in [0.5, 0.6) is 0 Å². The Morgan fingerprint density at radius 2 is 1.73 bits per heavy atom. The summed E-state index contributed by atoms with van der Waals surface area (Å²) in [4.78, 5) is 16.8. The number of urea groups is 1. The maximum Gasteiger partial charge on any atom is 0.321 e. The van der Waals surface area contributed by atoms with Crippen molar-refractivity contribution in [2.75, 3.05) is 34.0 Å². The van der Waals surface area contributed by atoms with E-state index in [9.17, 15) is 4.79 Å². The van der Waals surface area contributed by atoms with Gasteiger partial charge in [-0.3, -0.25) is 4.90 Å². The Morgan fingerprint density at radius 1 is 1.27 bits per heavy atom. The van der Waals surface area contributed by atoms with Crippen molar-refractivity contribution in [2.45, 2.75) is 6.92 Å². The fraction of sp³-hybridized carbons (Fsp3) is 0.857. The summed E-state index contributed by atoms with van der Waals surface area (Å²) >= 11 is 0. The summed E-state index contributed by atoms with van der Waals surface area (Å²) in [6, 6.07) is 0.106. The highest BCUT2D eigenvalue weighted by Crippen LogP contribution is 2.04. The minimum Gasteiger partial charge on any atom is -0.315 e. The van der Waals surface area contributed by atoms with Crippen molar-refractivity contribution >= 4 is 6.03 Å². The number of carbonyl (C=O) groups is 1. The largest absolute Gasteiger partial charge is 0.321 e. The van der Waals surface area contributed by atoms with Gasteiger partial charge in [-0.05, 0) is 6.54 Å². The van der Waals surface area contributed by atoms with Gasteiger partial charge in [0.05, 0.1) is 13.3 Å². The summed E-state index contributed by atoms with van der Waals surface area (Å²) in [6.07, 6.45) is 0. The lowest BCUT2D eigenvalue weighted by Crippen LogP contribution is -2.54. The van der Waals surface area contributed by atoms with E-state index in [2.05, 4.69) is 11.8 Å². The summed E-state index contributed by atoms with van der Waals surface area (Å²) in [6.45, 7) is 4.58. The van der Waals surface area contributed by atoms with E-state index in [0.29, 0.717) is 0 Å². The molecule has 0 saturated carbocycles. The Morgan fingerprint density at radius 3 is 2.09 bits per heavy atom. The van der Waals surface area contributed by atoms with Crippen LogP contribution in [0.2, 0.25) is 0 Å². The second kappa shape index (κ2) is 3.09. The van der Waals surface area contributed by atoms with Crippen LogP contribution in [0.3, 0.4) is 0 Å². The van der Waals surface area contributed by atoms with Crippen LogP contribution in [0.25, 0.3) is 0 Å². The van der Waals surface area contributed by atoms with Gasteiger partial charge in [0.25, 0.3) is 0 Å². The minimum atomic E-state index is 0.106. The Bertz CT molecular complexity index is 146. The van der Waals surface area contributed by atoms with Gasteiger partial charge in [0.15, 0.2) is 0 Å². The predicted molar refractivity (Wildman–Crippen MR) is 43.0 cm³/mol. The molecule has 1 heterocycles. The van der Waals surface area contributed by atoms with Crippen LogP contribution in [0.4, 0.5) is 4.79 Å². The molecule has 2 amide bonds. The van der Waals surface area contributed by atoms with Crippen molar-refractivity contribution in [3.63, 3.8) is 0 Å². The van der Waals surface area contributed by atoms with E-state index in [1.54, 1.807) is 9.80 Å². The zero-order valence-electron chi connectivity index (χ0n) is 7.37. The molecule has 0 spiro atoms. The topological polar surface area (TPSA) is 26.8 Å². The number of amides is 2. The lowest BCUT2D eigenvalue weighted by atomic mass is 10.5. The molecule has 11 heavy (non-hydrogen) atoms. The molecule has 64 valence electrons. The maximum absolute atomic E-state index is 11.2. The van der Waals surface area contributed by atoms with Gasteiger partial charge in [-0.15, -0.1) is 0 Å². The molecule has 1 aliphatic rings. The predicted octanol–water partition coefficient (Wildman–Crippen LogP) is 0.221. The number of hydrogen-bond acceptors (Lipinski definition) is 2. The normalized spacial score (nSPS) is 21.2. The van der Waals surface area contributed by atoms with Gasteiger partial charge in [0.1, 0.15) is 0 Å². The average molecular weight is 157 g/mol. The fourth-order valence-electron chi connectivity index (χ4n) is 1.26. The molecule has 1 rings (SSSR count). The monoisotopic (exact) mass is 157 g/mol. The molecule has 4 heteroatoms. The molecule has 0 aromatic carbocycles. The van der Waals surface area contributed by atoms with Crippen molar-refractivity contribution in [1.29, 1.82) is 0 Å². The summed E-state index contributed by atoms with van der Waals surface area (Å²) in [7, 11) is 3.64. The summed E-state index contributed by atoms with van der Waals surface area (Å²) in [5.74, 6) is 0. The third-order valence-electron chi connectivity index (χ3n) is 1.92. The number of rotatable bonds is 1. The molecule has 0 unspecified atom stereocenters. The summed E-state index contributed by atoms with van der Waals surface area (Å²) in [5.41, 5.74) is 0. The zero-order chi connectivity index (χ0) is 8.43. The summed E-state index contributed by atoms with van der Waals surface area (Å²) in [5, 5.41) is 0. The van der Waals surface area contributed by atoms with E-state index in [1.165, 1.54) is 0 Å². The standard InChI is InChI=1S/C7H15N3O/c1-4-10-5-8(2)7(11)9(3)6-10/h4-6H2,1-3H3. The van der Waals surface area contributed by atoms with Gasteiger partial charge in [-0.1, -0.05) is 6.92 Å². The van der Waals surface area contributed by atoms with Gasteiger partial charge in [0, 0.05) is 14.1 Å². The molecule has 0 aliphatic carbocycles. The Kier molecular flexibility index (Phi) is 2.34. The maximum atomic E-state index is 11.2. The molecule has 1 fully saturated rings. The number of nitrogens with zero attached hydrogens (tertiary/aromatic N) is 3. The van der Waals surface area contributed by atoms with Crippen molar-refractivity contribution in [3.8, 4) is 0 Å². The van der Waals surface area contributed by atoms with Gasteiger partial charge >= 0.3 is 6.03 Å². The van der Waals surface area contributed by atoms with Crippen LogP contribution in [-0.4, -0.2) is 54.7 Å². The highest BCUT2D eigenvalue weighted by atomic mass is 16.2. The second-order valence-electron chi connectivity index (χ2n) is 2.95. The van der Waals surface area contributed by atoms with Crippen molar-refractivity contribution in [1.82, 2.24) is 14.7 Å². The quantitative estimate of drug-likeness (QED) is 0.544. The van der Waals surface area contributed by atoms with Gasteiger partial charge in [-0.25, -0.2) is 4.79 Å². The van der Waals surface area contributed by atoms with Crippen LogP contribution in [-0.2, 0) is 0 Å². The smallest absolute Gasteiger partial charge is 0.315 e. The third kappa shape index (κ3) is 1.63. The number of carbonyl (C=O) groups excluding carboxylic acids is 1. The number of hydrogen-bond donors (Lipinski definition) is 0. The first kappa shape index (κ1) is 8.33. The molecule has 0 atom stereocenters. The minimum absolute atomic E-state index is 0.106. The first-order chi connectivity index (χ1) is 5.15. The third-order valence-corrected chi connectivity index (χ3v) is 1.92. The SMILES string of the molecule is CCN1CN(C)C(=O)N(C)C1. The molecule has 0 aromatic rings. The van der Waals surface area contributed by atoms with E-state index < -0.39 is 0 Å². The molecule has 4 nitrogen and oxygen atoms in total. The van der Waals surface area contributed by atoms with Crippen molar-refractivity contribution in [2.24, 2.45) is 0 Å². The van der Waals surface area contributed by atoms with Crippen LogP contribution in [0, 0.1) is 0 Å². The fourth-order valence-corrected chi connectivity index (χ4v) is 1.26. The van der Waals surface area contributed by atoms with Gasteiger partial charge < -0.3 is 9.80 Å². The van der Waals surface area contributed by atoms with E-state index in [1.807, 2.05) is 14.1 Å². The van der Waals surface area contributed by atoms with E-state index in [-0.39, 0.29) is 6.03 Å². The molecule has 1 aliphatic heterocycles. The molecular weight excluding hydrogens is 142 g/mol. The molecule has 1 saturated heterocycles. The molecule has 0 aromatic heterocycles. The second-order valence-corrected chi connectivity index (χ2v) is 2.95. The highest BCUT2D eigenvalue weighted by Gasteiger charge is 2.23. The molecule has 0 N–H and O–H groups in total. The first-order valence-electron chi connectivity index (χ1n) is 3.83. The van der Waals surface area contributed by atoms with Crippen LogP contribution < -0.4 is 0 Å². The lowest BCUT2D eigenvalue weighted by Gasteiger charge is -2.38. The average Bonchev–Trinajstić information content (AvgIpc) is 1.99. The van der Waals surface area contributed by atoms with E-state index in [0.717, 1.165) is 19.9 Å². The molecular formula is C7H15N3O. The van der Waals surface area contributed by atoms with Crippen molar-refractivity contribution < 1.29 is 4.79 Å². The Labute approximate surface area is 67.4 Å². The van der Waals surface area contributed by atoms with Gasteiger partial charge in [0.2, 0.25) is 0 Å². The van der Waals surface area contributed by atoms with E-state index >= 15 is 0 Å². The summed E-state index contributed by atoms with van der Waals surface area (Å²) < 4.78 is 0. The Hall–Kier alpha value is -0.770. The van der Waals surface area contributed by atoms with Gasteiger partial charge in [-0.2, -0.15) is 0 Å². The molecule has 0 bridgehead atoms. The van der Waals surface area contributed by atoms with E-state index in [4.69, 9.17) is 0 Å². The molecule has 0 radical (unpaired) electrons. The van der Waals surface area contributed by atoms with Crippen LogP contribution >= 0.6 is 0 Å².